The van der Waals surface area contributed by atoms with Crippen molar-refractivity contribution in [1.29, 1.82) is 0 Å². The summed E-state index contributed by atoms with van der Waals surface area (Å²) in [5.74, 6) is 0.929. The summed E-state index contributed by atoms with van der Waals surface area (Å²) >= 11 is 0. The second-order valence-electron chi connectivity index (χ2n) is 3.09. The highest BCUT2D eigenvalue weighted by atomic mass is 16.5. The van der Waals surface area contributed by atoms with E-state index in [4.69, 9.17) is 4.74 Å². The zero-order chi connectivity index (χ0) is 9.68. The molecule has 0 heterocycles. The molecule has 1 aromatic carbocycles. The number of hydrogen-bond acceptors (Lipinski definition) is 2. The monoisotopic (exact) mass is 178 g/mol. The summed E-state index contributed by atoms with van der Waals surface area (Å²) in [6, 6.07) is 8.10. The first-order chi connectivity index (χ1) is 6.22. The van der Waals surface area contributed by atoms with Crippen LogP contribution in [0.25, 0.3) is 0 Å². The Morgan fingerprint density at radius 2 is 1.92 bits per heavy atom. The van der Waals surface area contributed by atoms with Gasteiger partial charge in [-0.1, -0.05) is 12.1 Å². The van der Waals surface area contributed by atoms with Crippen molar-refractivity contribution in [3.63, 3.8) is 0 Å². The molecular formula is C11H16NO-. The molecule has 0 aliphatic carbocycles. The molecule has 2 nitrogen and oxygen atoms in total. The van der Waals surface area contributed by atoms with Gasteiger partial charge >= 0.3 is 0 Å². The summed E-state index contributed by atoms with van der Waals surface area (Å²) in [4.78, 5) is 1.90. The van der Waals surface area contributed by atoms with Crippen LogP contribution in [0.1, 0.15) is 12.5 Å². The zero-order valence-corrected chi connectivity index (χ0v) is 8.29. The van der Waals surface area contributed by atoms with Crippen molar-refractivity contribution in [2.24, 2.45) is 0 Å². The lowest BCUT2D eigenvalue weighted by Gasteiger charge is -2.17. The van der Waals surface area contributed by atoms with Gasteiger partial charge in [-0.05, 0) is 38.2 Å². The lowest BCUT2D eigenvalue weighted by atomic mass is 10.2. The SMILES string of the molecule is [CH2-]N(C)Cc1ccc(OCC)cc1. The lowest BCUT2D eigenvalue weighted by molar-refractivity contribution is 0.340. The van der Waals surface area contributed by atoms with Gasteiger partial charge in [-0.3, -0.25) is 7.05 Å². The number of ether oxygens (including phenoxy) is 1. The average molecular weight is 178 g/mol. The van der Waals surface area contributed by atoms with Crippen molar-refractivity contribution in [3.05, 3.63) is 36.9 Å². The summed E-state index contributed by atoms with van der Waals surface area (Å²) in [5, 5.41) is 0. The molecule has 0 atom stereocenters. The first kappa shape index (κ1) is 10.1. The largest absolute Gasteiger partial charge is 0.494 e. The molecule has 0 unspecified atom stereocenters. The second-order valence-corrected chi connectivity index (χ2v) is 3.09. The quantitative estimate of drug-likeness (QED) is 0.656. The maximum absolute atomic E-state index is 5.34. The molecule has 0 radical (unpaired) electrons. The Balaban J connectivity index is 2.59. The van der Waals surface area contributed by atoms with Gasteiger partial charge in [0.15, 0.2) is 0 Å². The zero-order valence-electron chi connectivity index (χ0n) is 8.29. The van der Waals surface area contributed by atoms with Gasteiger partial charge in [0.1, 0.15) is 5.75 Å². The first-order valence-electron chi connectivity index (χ1n) is 4.45. The van der Waals surface area contributed by atoms with E-state index in [0.29, 0.717) is 6.61 Å². The predicted octanol–water partition coefficient (Wildman–Crippen LogP) is 2.31. The Labute approximate surface area is 80.1 Å². The molecular weight excluding hydrogens is 162 g/mol. The maximum Gasteiger partial charge on any atom is 0.119 e. The van der Waals surface area contributed by atoms with Crippen LogP contribution in [-0.4, -0.2) is 18.6 Å². The number of nitrogens with zero attached hydrogens (tertiary/aromatic N) is 1. The second kappa shape index (κ2) is 4.87. The molecule has 1 rings (SSSR count). The summed E-state index contributed by atoms with van der Waals surface area (Å²) in [6.45, 7) is 3.57. The van der Waals surface area contributed by atoms with Gasteiger partial charge in [-0.2, -0.15) is 0 Å². The van der Waals surface area contributed by atoms with E-state index in [9.17, 15) is 0 Å². The predicted molar refractivity (Wildman–Crippen MR) is 54.4 cm³/mol. The van der Waals surface area contributed by atoms with Crippen LogP contribution >= 0.6 is 0 Å². The summed E-state index contributed by atoms with van der Waals surface area (Å²) in [6.07, 6.45) is 0. The molecule has 2 heteroatoms. The normalized spacial score (nSPS) is 10.5. The van der Waals surface area contributed by atoms with Crippen LogP contribution < -0.4 is 4.74 Å². The van der Waals surface area contributed by atoms with E-state index >= 15 is 0 Å². The van der Waals surface area contributed by atoms with Crippen molar-refractivity contribution < 1.29 is 4.74 Å². The minimum absolute atomic E-state index is 0.717. The molecule has 0 fully saturated rings. The van der Waals surface area contributed by atoms with Crippen LogP contribution in [0.15, 0.2) is 24.3 Å². The van der Waals surface area contributed by atoms with Crippen LogP contribution in [0.4, 0.5) is 0 Å². The third-order valence-corrected chi connectivity index (χ3v) is 1.69. The van der Waals surface area contributed by atoms with Crippen molar-refractivity contribution in [1.82, 2.24) is 4.90 Å². The lowest BCUT2D eigenvalue weighted by Crippen LogP contribution is -2.07. The van der Waals surface area contributed by atoms with Crippen LogP contribution in [0, 0.1) is 7.05 Å². The van der Waals surface area contributed by atoms with E-state index in [1.165, 1.54) is 5.56 Å². The summed E-state index contributed by atoms with van der Waals surface area (Å²) in [5.41, 5.74) is 1.25. The Morgan fingerprint density at radius 1 is 1.31 bits per heavy atom. The third-order valence-electron chi connectivity index (χ3n) is 1.69. The summed E-state index contributed by atoms with van der Waals surface area (Å²) < 4.78 is 5.34. The van der Waals surface area contributed by atoms with E-state index in [0.717, 1.165) is 12.3 Å². The Morgan fingerprint density at radius 3 is 2.38 bits per heavy atom. The minimum Gasteiger partial charge on any atom is -0.494 e. The molecule has 72 valence electrons. The molecule has 0 aromatic heterocycles. The van der Waals surface area contributed by atoms with Gasteiger partial charge in [0.05, 0.1) is 6.61 Å². The molecule has 0 amide bonds. The maximum atomic E-state index is 5.34. The Kier molecular flexibility index (Phi) is 3.77. The van der Waals surface area contributed by atoms with Gasteiger partial charge in [0, 0.05) is 0 Å². The number of rotatable bonds is 4. The van der Waals surface area contributed by atoms with Gasteiger partial charge < -0.3 is 9.64 Å². The van der Waals surface area contributed by atoms with Crippen molar-refractivity contribution in [3.8, 4) is 5.75 Å². The van der Waals surface area contributed by atoms with Gasteiger partial charge in [0.2, 0.25) is 0 Å². The standard InChI is InChI=1S/C11H16NO/c1-4-13-11-7-5-10(6-8-11)9-12(2)3/h5-8H,2,4,9H2,1,3H3/q-1. The fourth-order valence-corrected chi connectivity index (χ4v) is 1.17. The van der Waals surface area contributed by atoms with Gasteiger partial charge in [-0.15, -0.1) is 0 Å². The van der Waals surface area contributed by atoms with Crippen molar-refractivity contribution in [2.45, 2.75) is 13.5 Å². The molecule has 0 aliphatic heterocycles. The highest BCUT2D eigenvalue weighted by molar-refractivity contribution is 5.27. The average Bonchev–Trinajstić information content (AvgIpc) is 2.08. The number of benzene rings is 1. The highest BCUT2D eigenvalue weighted by Gasteiger charge is 1.93. The van der Waals surface area contributed by atoms with Gasteiger partial charge in [0.25, 0.3) is 0 Å². The molecule has 0 saturated carbocycles. The van der Waals surface area contributed by atoms with Crippen molar-refractivity contribution >= 4 is 0 Å². The smallest absolute Gasteiger partial charge is 0.119 e. The fourth-order valence-electron chi connectivity index (χ4n) is 1.17. The highest BCUT2D eigenvalue weighted by Crippen LogP contribution is 2.12. The molecule has 1 aromatic rings. The van der Waals surface area contributed by atoms with Crippen LogP contribution in [0.2, 0.25) is 0 Å². The number of hydrogen-bond donors (Lipinski definition) is 0. The van der Waals surface area contributed by atoms with Gasteiger partial charge in [-0.25, -0.2) is 0 Å². The van der Waals surface area contributed by atoms with E-state index in [1.54, 1.807) is 0 Å². The molecule has 13 heavy (non-hydrogen) atoms. The van der Waals surface area contributed by atoms with Crippen LogP contribution in [0.5, 0.6) is 5.75 Å². The fraction of sp³-hybridized carbons (Fsp3) is 0.364. The minimum atomic E-state index is 0.717. The summed E-state index contributed by atoms with van der Waals surface area (Å²) in [7, 11) is 5.75. The molecule has 0 spiro atoms. The van der Waals surface area contributed by atoms with Crippen LogP contribution in [-0.2, 0) is 6.54 Å². The molecule has 0 aliphatic rings. The first-order valence-corrected chi connectivity index (χ1v) is 4.45. The van der Waals surface area contributed by atoms with E-state index in [1.807, 2.05) is 31.0 Å². The molecule has 0 bridgehead atoms. The van der Waals surface area contributed by atoms with Crippen LogP contribution in [0.3, 0.4) is 0 Å². The van der Waals surface area contributed by atoms with E-state index in [-0.39, 0.29) is 0 Å². The van der Waals surface area contributed by atoms with E-state index < -0.39 is 0 Å². The Bertz CT molecular complexity index is 241. The third kappa shape index (κ3) is 3.47. The van der Waals surface area contributed by atoms with Crippen molar-refractivity contribution in [2.75, 3.05) is 13.7 Å². The molecule has 0 N–H and O–H groups in total. The topological polar surface area (TPSA) is 12.5 Å². The van der Waals surface area contributed by atoms with E-state index in [2.05, 4.69) is 19.2 Å². The Hall–Kier alpha value is -1.02. The molecule has 0 saturated heterocycles.